The lowest BCUT2D eigenvalue weighted by Gasteiger charge is -2.49. The van der Waals surface area contributed by atoms with E-state index in [0.717, 1.165) is 20.9 Å². The van der Waals surface area contributed by atoms with Gasteiger partial charge in [0.25, 0.3) is 11.8 Å². The van der Waals surface area contributed by atoms with Gasteiger partial charge in [-0.2, -0.15) is 0 Å². The molecule has 14 nitrogen and oxygen atoms in total. The molecule has 286 valence electrons. The highest BCUT2D eigenvalue weighted by Gasteiger charge is 2.55. The average molecular weight is 828 g/mol. The highest BCUT2D eigenvalue weighted by molar-refractivity contribution is 8.01. The Morgan fingerprint density at radius 3 is 2.18 bits per heavy atom. The number of oxime groups is 1. The van der Waals surface area contributed by atoms with Crippen molar-refractivity contribution in [2.45, 2.75) is 28.1 Å². The van der Waals surface area contributed by atoms with Crippen LogP contribution in [0.4, 0.5) is 5.13 Å². The minimum Gasteiger partial charge on any atom is -0.428 e. The second kappa shape index (κ2) is 17.5. The molecule has 2 amide bonds. The van der Waals surface area contributed by atoms with Crippen molar-refractivity contribution in [2.75, 3.05) is 30.7 Å². The van der Waals surface area contributed by atoms with E-state index in [4.69, 9.17) is 19.3 Å². The second-order valence-corrected chi connectivity index (χ2v) is 16.2. The zero-order valence-electron chi connectivity index (χ0n) is 29.8. The molecule has 0 aliphatic carbocycles. The summed E-state index contributed by atoms with van der Waals surface area (Å²) in [5, 5.41) is 15.9. The lowest BCUT2D eigenvalue weighted by molar-refractivity contribution is -0.166. The number of nitrogens with one attached hydrogen (secondary N) is 2. The van der Waals surface area contributed by atoms with Crippen molar-refractivity contribution in [3.05, 3.63) is 136 Å². The Balaban J connectivity index is 1.13. The van der Waals surface area contributed by atoms with Gasteiger partial charge in [-0.15, -0.1) is 40.0 Å². The predicted octanol–water partition coefficient (Wildman–Crippen LogP) is 5.26. The number of benzene rings is 3. The molecule has 2 aliphatic rings. The molecule has 2 aliphatic heterocycles. The number of rotatable bonds is 15. The van der Waals surface area contributed by atoms with Gasteiger partial charge in [0.05, 0.1) is 6.20 Å². The molecule has 0 saturated carbocycles. The maximum atomic E-state index is 13.9. The van der Waals surface area contributed by atoms with Crippen LogP contribution in [0.15, 0.2) is 123 Å². The Morgan fingerprint density at radius 1 is 0.964 bits per heavy atom. The van der Waals surface area contributed by atoms with Crippen molar-refractivity contribution in [2.24, 2.45) is 5.16 Å². The molecule has 4 heterocycles. The summed E-state index contributed by atoms with van der Waals surface area (Å²) in [6.07, 6.45) is 1.61. The third-order valence-corrected chi connectivity index (χ3v) is 12.8. The zero-order valence-corrected chi connectivity index (χ0v) is 33.1. The van der Waals surface area contributed by atoms with Gasteiger partial charge in [0.2, 0.25) is 6.79 Å². The summed E-state index contributed by atoms with van der Waals surface area (Å²) in [6, 6.07) is 29.1. The number of thioether (sulfide) groups is 2. The largest absolute Gasteiger partial charge is 0.428 e. The van der Waals surface area contributed by atoms with Crippen molar-refractivity contribution < 1.29 is 33.5 Å². The van der Waals surface area contributed by atoms with Crippen molar-refractivity contribution in [1.29, 1.82) is 0 Å². The first-order valence-electron chi connectivity index (χ1n) is 17.0. The molecule has 0 spiro atoms. The number of aromatic nitrogens is 3. The first-order valence-corrected chi connectivity index (χ1v) is 20.7. The number of esters is 2. The Kier molecular flexibility index (Phi) is 12.1. The number of β-lactam (4-membered cyclic amide) rings is 1. The highest BCUT2D eigenvalue weighted by Crippen LogP contribution is 2.43. The lowest BCUT2D eigenvalue weighted by Crippen LogP contribution is -2.71. The SMILES string of the molecule is CON=C(C(=O)N[C@@H]1C(=O)N2C(C(=O)OCOC(C)=O)=C(CSc3cnns3)CS[C@@H]12)c1csc(NC(c2ccccc2)(c2ccccc2)c2ccccc2)n1. The number of carbonyl (C=O) groups is 4. The minimum absolute atomic E-state index is 0.0427. The molecule has 3 aromatic carbocycles. The van der Waals surface area contributed by atoms with E-state index in [1.54, 1.807) is 11.6 Å². The summed E-state index contributed by atoms with van der Waals surface area (Å²) >= 11 is 5.30. The fraction of sp³-hybridized carbons (Fsp3) is 0.211. The van der Waals surface area contributed by atoms with Crippen LogP contribution in [0.25, 0.3) is 0 Å². The maximum Gasteiger partial charge on any atom is 0.357 e. The molecular weight excluding hydrogens is 795 g/mol. The Labute approximate surface area is 337 Å². The molecule has 0 bridgehead atoms. The molecule has 18 heteroatoms. The van der Waals surface area contributed by atoms with E-state index in [-0.39, 0.29) is 17.1 Å². The molecule has 1 fully saturated rings. The van der Waals surface area contributed by atoms with Crippen molar-refractivity contribution in [3.8, 4) is 0 Å². The molecule has 2 atom stereocenters. The summed E-state index contributed by atoms with van der Waals surface area (Å²) in [4.78, 5) is 63.5. The second-order valence-electron chi connectivity index (χ2n) is 12.2. The fourth-order valence-corrected chi connectivity index (χ4v) is 9.94. The fourth-order valence-electron chi connectivity index (χ4n) is 6.28. The van der Waals surface area contributed by atoms with E-state index < -0.39 is 47.5 Å². The van der Waals surface area contributed by atoms with Gasteiger partial charge in [0.1, 0.15) is 39.7 Å². The summed E-state index contributed by atoms with van der Waals surface area (Å²) in [7, 11) is 1.32. The number of ether oxygens (including phenoxy) is 2. The van der Waals surface area contributed by atoms with Crippen LogP contribution in [0, 0.1) is 0 Å². The van der Waals surface area contributed by atoms with Crippen LogP contribution < -0.4 is 10.6 Å². The first kappa shape index (κ1) is 38.7. The summed E-state index contributed by atoms with van der Waals surface area (Å²) in [5.74, 6) is -1.94. The van der Waals surface area contributed by atoms with Crippen LogP contribution in [-0.4, -0.2) is 85.8 Å². The van der Waals surface area contributed by atoms with E-state index in [1.807, 2.05) is 54.6 Å². The summed E-state index contributed by atoms with van der Waals surface area (Å²) in [6.45, 7) is 0.580. The van der Waals surface area contributed by atoms with Crippen LogP contribution in [0.2, 0.25) is 0 Å². The van der Waals surface area contributed by atoms with E-state index >= 15 is 0 Å². The molecule has 0 unspecified atom stereocenters. The van der Waals surface area contributed by atoms with Gasteiger partial charge in [-0.05, 0) is 33.8 Å². The van der Waals surface area contributed by atoms with Gasteiger partial charge < -0.3 is 24.9 Å². The molecule has 7 rings (SSSR count). The van der Waals surface area contributed by atoms with Gasteiger partial charge >= 0.3 is 11.9 Å². The number of thiazole rings is 1. The van der Waals surface area contributed by atoms with Gasteiger partial charge in [-0.25, -0.2) is 9.78 Å². The molecule has 0 radical (unpaired) electrons. The number of carbonyl (C=O) groups excluding carboxylic acids is 4. The van der Waals surface area contributed by atoms with Gasteiger partial charge in [0.15, 0.2) is 10.8 Å². The number of nitrogens with zero attached hydrogens (tertiary/aromatic N) is 5. The minimum atomic E-state index is -0.996. The van der Waals surface area contributed by atoms with Gasteiger partial charge in [-0.3, -0.25) is 19.3 Å². The predicted molar refractivity (Wildman–Crippen MR) is 214 cm³/mol. The molecule has 2 aromatic heterocycles. The average Bonchev–Trinajstić information content (AvgIpc) is 3.93. The number of hydrogen-bond acceptors (Lipinski definition) is 16. The Bertz CT molecular complexity index is 2160. The van der Waals surface area contributed by atoms with Gasteiger partial charge in [0, 0.05) is 23.8 Å². The topological polar surface area (TPSA) is 174 Å². The van der Waals surface area contributed by atoms with E-state index in [0.29, 0.717) is 22.2 Å². The summed E-state index contributed by atoms with van der Waals surface area (Å²) < 4.78 is 14.7. The van der Waals surface area contributed by atoms with E-state index in [2.05, 4.69) is 61.8 Å². The molecule has 5 aromatic rings. The van der Waals surface area contributed by atoms with Gasteiger partial charge in [-0.1, -0.05) is 101 Å². The number of fused-ring (bicyclic) bond motifs is 1. The molecule has 2 N–H and O–H groups in total. The van der Waals surface area contributed by atoms with Crippen molar-refractivity contribution >= 4 is 81.0 Å². The normalized spacial score (nSPS) is 16.7. The Morgan fingerprint density at radius 2 is 1.61 bits per heavy atom. The third kappa shape index (κ3) is 8.04. The third-order valence-electron chi connectivity index (χ3n) is 8.77. The maximum absolute atomic E-state index is 13.9. The van der Waals surface area contributed by atoms with Crippen molar-refractivity contribution in [3.63, 3.8) is 0 Å². The smallest absolute Gasteiger partial charge is 0.357 e. The van der Waals surface area contributed by atoms with Crippen LogP contribution in [-0.2, 0) is 39.0 Å². The van der Waals surface area contributed by atoms with E-state index in [9.17, 15) is 19.2 Å². The lowest BCUT2D eigenvalue weighted by atomic mass is 9.77. The Hall–Kier alpha value is -5.56. The molecule has 1 saturated heterocycles. The number of amides is 2. The first-order chi connectivity index (χ1) is 27.3. The molecule has 56 heavy (non-hydrogen) atoms. The highest BCUT2D eigenvalue weighted by atomic mass is 32.2. The van der Waals surface area contributed by atoms with Crippen LogP contribution in [0.3, 0.4) is 0 Å². The van der Waals surface area contributed by atoms with Crippen molar-refractivity contribution in [1.82, 2.24) is 24.8 Å². The quantitative estimate of drug-likeness (QED) is 0.0267. The standard InChI is InChI=1S/C38H33N7O7S4/c1-23(46)51-22-52-36(49)32-24(19-53-29-18-39-44-56-29)20-54-35-31(34(48)45(32)35)41-33(47)30(43-50-2)28-21-55-37(40-28)42-38(25-12-6-3-7-13-25,26-14-8-4-9-15-26)27-16-10-5-11-17-27/h3-18,21,31,35H,19-20,22H2,1-2H3,(H,40,42)(H,41,47)/t31-,35+/m1/s1. The van der Waals surface area contributed by atoms with Crippen LogP contribution >= 0.6 is 46.4 Å². The monoisotopic (exact) mass is 827 g/mol. The van der Waals surface area contributed by atoms with Crippen LogP contribution in [0.1, 0.15) is 29.3 Å². The summed E-state index contributed by atoms with van der Waals surface area (Å²) in [5.41, 5.74) is 2.83. The number of anilines is 1. The zero-order chi connectivity index (χ0) is 39.1. The van der Waals surface area contributed by atoms with Crippen LogP contribution in [0.5, 0.6) is 0 Å². The molecular formula is C38H33N7O7S4. The van der Waals surface area contributed by atoms with E-state index in [1.165, 1.54) is 65.3 Å². The number of hydrogen-bond donors (Lipinski definition) is 2.